The Morgan fingerprint density at radius 3 is 2.25 bits per heavy atom. The average Bonchev–Trinajstić information content (AvgIpc) is 2.42. The maximum atomic E-state index is 12.0. The number of piperidine rings is 1. The molecule has 0 amide bonds. The molecule has 1 aromatic rings. The molecular weight excluding hydrogens is 276 g/mol. The van der Waals surface area contributed by atoms with Gasteiger partial charge in [0.15, 0.2) is 0 Å². The molecule has 1 saturated heterocycles. The Hall–Kier alpha value is -0.950. The van der Waals surface area contributed by atoms with E-state index in [0.29, 0.717) is 4.90 Å². The lowest BCUT2D eigenvalue weighted by Gasteiger charge is -2.29. The standard InChI is InChI=1S/C14H22N2O3S/c1-15(2)20(18,19)14-5-3-12(4-6-14)11-16-9-7-13(17)8-10-16/h3-6,13,17H,7-11H2,1-2H3. The third-order valence-corrected chi connectivity index (χ3v) is 5.49. The number of aliphatic hydroxyl groups excluding tert-OH is 1. The van der Waals surface area contributed by atoms with Crippen molar-refractivity contribution in [3.05, 3.63) is 29.8 Å². The Morgan fingerprint density at radius 2 is 1.75 bits per heavy atom. The zero-order chi connectivity index (χ0) is 14.8. The fraction of sp³-hybridized carbons (Fsp3) is 0.571. The zero-order valence-corrected chi connectivity index (χ0v) is 12.8. The van der Waals surface area contributed by atoms with Crippen LogP contribution in [0.5, 0.6) is 0 Å². The van der Waals surface area contributed by atoms with E-state index >= 15 is 0 Å². The summed E-state index contributed by atoms with van der Waals surface area (Å²) in [6, 6.07) is 7.04. The summed E-state index contributed by atoms with van der Waals surface area (Å²) in [6.45, 7) is 2.58. The first-order chi connectivity index (χ1) is 9.39. The largest absolute Gasteiger partial charge is 0.393 e. The second-order valence-corrected chi connectivity index (χ2v) is 7.59. The molecule has 5 nitrogen and oxygen atoms in total. The predicted molar refractivity (Wildman–Crippen MR) is 77.8 cm³/mol. The Labute approximate surface area is 120 Å². The second-order valence-electron chi connectivity index (χ2n) is 5.44. The third kappa shape index (κ3) is 3.58. The molecule has 112 valence electrons. The normalized spacial score (nSPS) is 18.6. The van der Waals surface area contributed by atoms with Gasteiger partial charge in [0.05, 0.1) is 11.0 Å². The summed E-state index contributed by atoms with van der Waals surface area (Å²) in [5.41, 5.74) is 1.10. The van der Waals surface area contributed by atoms with Crippen molar-refractivity contribution in [1.29, 1.82) is 0 Å². The van der Waals surface area contributed by atoms with E-state index in [4.69, 9.17) is 0 Å². The highest BCUT2D eigenvalue weighted by molar-refractivity contribution is 7.89. The van der Waals surface area contributed by atoms with E-state index in [0.717, 1.165) is 38.0 Å². The Bertz CT molecular complexity index is 532. The summed E-state index contributed by atoms with van der Waals surface area (Å²) in [4.78, 5) is 2.60. The van der Waals surface area contributed by atoms with Crippen LogP contribution < -0.4 is 0 Å². The monoisotopic (exact) mass is 298 g/mol. The van der Waals surface area contributed by atoms with Crippen molar-refractivity contribution in [2.75, 3.05) is 27.2 Å². The molecule has 1 aliphatic rings. The molecule has 0 spiro atoms. The summed E-state index contributed by atoms with van der Waals surface area (Å²) < 4.78 is 25.1. The van der Waals surface area contributed by atoms with Gasteiger partial charge in [0.25, 0.3) is 0 Å². The predicted octanol–water partition coefficient (Wildman–Crippen LogP) is 0.894. The third-order valence-electron chi connectivity index (χ3n) is 3.67. The van der Waals surface area contributed by atoms with Gasteiger partial charge < -0.3 is 5.11 Å². The van der Waals surface area contributed by atoms with Gasteiger partial charge in [-0.2, -0.15) is 0 Å². The molecule has 0 unspecified atom stereocenters. The topological polar surface area (TPSA) is 60.9 Å². The van der Waals surface area contributed by atoms with Gasteiger partial charge in [-0.25, -0.2) is 12.7 Å². The SMILES string of the molecule is CN(C)S(=O)(=O)c1ccc(CN2CCC(O)CC2)cc1. The molecule has 0 bridgehead atoms. The van der Waals surface area contributed by atoms with E-state index in [-0.39, 0.29) is 6.10 Å². The zero-order valence-electron chi connectivity index (χ0n) is 12.0. The van der Waals surface area contributed by atoms with Crippen LogP contribution in [-0.4, -0.2) is 56.0 Å². The van der Waals surface area contributed by atoms with Gasteiger partial charge in [-0.3, -0.25) is 4.90 Å². The molecule has 1 fully saturated rings. The van der Waals surface area contributed by atoms with E-state index in [9.17, 15) is 13.5 Å². The highest BCUT2D eigenvalue weighted by atomic mass is 32.2. The maximum Gasteiger partial charge on any atom is 0.242 e. The minimum atomic E-state index is -3.35. The highest BCUT2D eigenvalue weighted by Crippen LogP contribution is 2.17. The second kappa shape index (κ2) is 6.22. The van der Waals surface area contributed by atoms with Crippen LogP contribution >= 0.6 is 0 Å². The van der Waals surface area contributed by atoms with Crippen LogP contribution in [0, 0.1) is 0 Å². The molecule has 20 heavy (non-hydrogen) atoms. The van der Waals surface area contributed by atoms with Gasteiger partial charge in [0.1, 0.15) is 0 Å². The molecular formula is C14H22N2O3S. The molecule has 2 rings (SSSR count). The van der Waals surface area contributed by atoms with Crippen molar-refractivity contribution in [3.63, 3.8) is 0 Å². The van der Waals surface area contributed by atoms with E-state index in [1.165, 1.54) is 18.4 Å². The number of nitrogens with zero attached hydrogens (tertiary/aromatic N) is 2. The van der Waals surface area contributed by atoms with Crippen molar-refractivity contribution in [2.24, 2.45) is 0 Å². The van der Waals surface area contributed by atoms with E-state index in [2.05, 4.69) is 4.90 Å². The summed E-state index contributed by atoms with van der Waals surface area (Å²) in [5.74, 6) is 0. The molecule has 1 aromatic carbocycles. The number of likely N-dealkylation sites (tertiary alicyclic amines) is 1. The minimum absolute atomic E-state index is 0.168. The molecule has 1 N–H and O–H groups in total. The van der Waals surface area contributed by atoms with Crippen molar-refractivity contribution in [2.45, 2.75) is 30.4 Å². The van der Waals surface area contributed by atoms with Crippen LogP contribution in [0.25, 0.3) is 0 Å². The first kappa shape index (κ1) is 15.4. The molecule has 1 heterocycles. The summed E-state index contributed by atoms with van der Waals surface area (Å²) in [7, 11) is -0.287. The summed E-state index contributed by atoms with van der Waals surface area (Å²) in [5, 5.41) is 9.47. The van der Waals surface area contributed by atoms with Gasteiger partial charge in [-0.1, -0.05) is 12.1 Å². The Balaban J connectivity index is 2.02. The number of sulfonamides is 1. The van der Waals surface area contributed by atoms with Crippen LogP contribution in [0.3, 0.4) is 0 Å². The lowest BCUT2D eigenvalue weighted by atomic mass is 10.1. The molecule has 0 saturated carbocycles. The molecule has 0 aliphatic carbocycles. The van der Waals surface area contributed by atoms with Gasteiger partial charge in [0, 0.05) is 33.7 Å². The Morgan fingerprint density at radius 1 is 1.20 bits per heavy atom. The van der Waals surface area contributed by atoms with E-state index in [1.807, 2.05) is 12.1 Å². The fourth-order valence-electron chi connectivity index (χ4n) is 2.31. The number of rotatable bonds is 4. The van der Waals surface area contributed by atoms with Gasteiger partial charge in [-0.05, 0) is 30.5 Å². The number of hydrogen-bond acceptors (Lipinski definition) is 4. The molecule has 1 aliphatic heterocycles. The summed E-state index contributed by atoms with van der Waals surface area (Å²) in [6.07, 6.45) is 1.46. The quantitative estimate of drug-likeness (QED) is 0.897. The first-order valence-corrected chi connectivity index (χ1v) is 8.25. The van der Waals surface area contributed by atoms with Crippen molar-refractivity contribution in [1.82, 2.24) is 9.21 Å². The minimum Gasteiger partial charge on any atom is -0.393 e. The Kier molecular flexibility index (Phi) is 4.80. The van der Waals surface area contributed by atoms with Crippen molar-refractivity contribution >= 4 is 10.0 Å². The first-order valence-electron chi connectivity index (χ1n) is 6.81. The summed E-state index contributed by atoms with van der Waals surface area (Å²) >= 11 is 0. The van der Waals surface area contributed by atoms with Gasteiger partial charge >= 0.3 is 0 Å². The average molecular weight is 298 g/mol. The van der Waals surface area contributed by atoms with Crippen LogP contribution in [0.1, 0.15) is 18.4 Å². The number of aliphatic hydroxyl groups is 1. The van der Waals surface area contributed by atoms with Gasteiger partial charge in [0.2, 0.25) is 10.0 Å². The maximum absolute atomic E-state index is 12.0. The van der Waals surface area contributed by atoms with E-state index < -0.39 is 10.0 Å². The number of benzene rings is 1. The highest BCUT2D eigenvalue weighted by Gasteiger charge is 2.18. The van der Waals surface area contributed by atoms with Crippen LogP contribution in [0.4, 0.5) is 0 Å². The van der Waals surface area contributed by atoms with E-state index in [1.54, 1.807) is 12.1 Å². The smallest absolute Gasteiger partial charge is 0.242 e. The molecule has 6 heteroatoms. The van der Waals surface area contributed by atoms with Crippen LogP contribution in [0.2, 0.25) is 0 Å². The van der Waals surface area contributed by atoms with Crippen LogP contribution in [-0.2, 0) is 16.6 Å². The van der Waals surface area contributed by atoms with Crippen molar-refractivity contribution < 1.29 is 13.5 Å². The number of hydrogen-bond donors (Lipinski definition) is 1. The molecule has 0 aromatic heterocycles. The lowest BCUT2D eigenvalue weighted by Crippen LogP contribution is -2.35. The molecule has 0 radical (unpaired) electrons. The van der Waals surface area contributed by atoms with Gasteiger partial charge in [-0.15, -0.1) is 0 Å². The van der Waals surface area contributed by atoms with Crippen LogP contribution in [0.15, 0.2) is 29.2 Å². The molecule has 0 atom stereocenters. The fourth-order valence-corrected chi connectivity index (χ4v) is 3.21. The lowest BCUT2D eigenvalue weighted by molar-refractivity contribution is 0.0792. The van der Waals surface area contributed by atoms with Crippen molar-refractivity contribution in [3.8, 4) is 0 Å².